The molecule has 0 spiro atoms. The van der Waals surface area contributed by atoms with Gasteiger partial charge in [0, 0.05) is 17.8 Å². The molecular formula is C25H22ClN9O2S. The van der Waals surface area contributed by atoms with Gasteiger partial charge >= 0.3 is 12.0 Å². The van der Waals surface area contributed by atoms with Crippen LogP contribution < -0.4 is 20.7 Å². The Kier molecular flexibility index (Phi) is 7.71. The van der Waals surface area contributed by atoms with E-state index in [-0.39, 0.29) is 6.01 Å². The van der Waals surface area contributed by atoms with Gasteiger partial charge in [-0.05, 0) is 54.4 Å². The van der Waals surface area contributed by atoms with Crippen molar-refractivity contribution >= 4 is 45.5 Å². The largest absolute Gasteiger partial charge is 0.424 e. The first kappa shape index (κ1) is 25.1. The maximum atomic E-state index is 12.6. The molecule has 5 aromatic rings. The molecule has 0 aliphatic carbocycles. The minimum absolute atomic E-state index is 0.149. The van der Waals surface area contributed by atoms with E-state index >= 15 is 0 Å². The second-order valence-electron chi connectivity index (χ2n) is 7.93. The average Bonchev–Trinajstić information content (AvgIpc) is 3.62. The third kappa shape index (κ3) is 6.22. The van der Waals surface area contributed by atoms with Crippen molar-refractivity contribution in [2.75, 3.05) is 22.5 Å². The zero-order chi connectivity index (χ0) is 26.3. The van der Waals surface area contributed by atoms with Gasteiger partial charge in [0.15, 0.2) is 5.13 Å². The highest BCUT2D eigenvalue weighted by atomic mass is 35.5. The summed E-state index contributed by atoms with van der Waals surface area (Å²) >= 11 is 7.71. The van der Waals surface area contributed by atoms with E-state index in [1.807, 2.05) is 30.5 Å². The SMILES string of the molecule is CCCNc1ncc(-c2ccc(Oc3ncc(NC(=O)Nc4cc(Cl)ccc4-n4ccnn4)cn3)cc2)s1. The van der Waals surface area contributed by atoms with Gasteiger partial charge in [-0.3, -0.25) is 0 Å². The van der Waals surface area contributed by atoms with Crippen LogP contribution in [0, 0.1) is 0 Å². The number of carbonyl (C=O) groups excluding carboxylic acids is 1. The minimum atomic E-state index is -0.502. The van der Waals surface area contributed by atoms with Crippen molar-refractivity contribution in [2.45, 2.75) is 13.3 Å². The summed E-state index contributed by atoms with van der Waals surface area (Å²) in [6.45, 7) is 3.01. The molecule has 3 N–H and O–H groups in total. The van der Waals surface area contributed by atoms with E-state index in [1.165, 1.54) is 23.3 Å². The molecule has 0 radical (unpaired) electrons. The molecule has 192 valence electrons. The Morgan fingerprint density at radius 2 is 1.87 bits per heavy atom. The van der Waals surface area contributed by atoms with Crippen molar-refractivity contribution in [3.8, 4) is 27.9 Å². The number of aromatic nitrogens is 6. The van der Waals surface area contributed by atoms with Gasteiger partial charge in [-0.15, -0.1) is 5.10 Å². The average molecular weight is 548 g/mol. The Morgan fingerprint density at radius 1 is 1.05 bits per heavy atom. The van der Waals surface area contributed by atoms with Gasteiger partial charge in [-0.25, -0.2) is 24.4 Å². The summed E-state index contributed by atoms with van der Waals surface area (Å²) in [5, 5.41) is 17.8. The molecule has 0 atom stereocenters. The summed E-state index contributed by atoms with van der Waals surface area (Å²) in [7, 11) is 0. The highest BCUT2D eigenvalue weighted by Gasteiger charge is 2.11. The first-order valence-corrected chi connectivity index (χ1v) is 12.8. The van der Waals surface area contributed by atoms with Crippen molar-refractivity contribution < 1.29 is 9.53 Å². The van der Waals surface area contributed by atoms with Gasteiger partial charge in [-0.2, -0.15) is 0 Å². The molecule has 2 aromatic carbocycles. The van der Waals surface area contributed by atoms with E-state index < -0.39 is 6.03 Å². The summed E-state index contributed by atoms with van der Waals surface area (Å²) < 4.78 is 7.27. The zero-order valence-corrected chi connectivity index (χ0v) is 21.7. The molecule has 0 aliphatic rings. The van der Waals surface area contributed by atoms with E-state index in [0.29, 0.717) is 27.8 Å². The van der Waals surface area contributed by atoms with E-state index in [2.05, 4.69) is 48.1 Å². The Hall–Kier alpha value is -4.55. The van der Waals surface area contributed by atoms with Gasteiger partial charge in [0.05, 0.1) is 46.7 Å². The van der Waals surface area contributed by atoms with Crippen LogP contribution in [-0.2, 0) is 0 Å². The number of carbonyl (C=O) groups is 1. The Labute approximate surface area is 226 Å². The first-order valence-electron chi connectivity index (χ1n) is 11.6. The smallest absolute Gasteiger partial charge is 0.323 e. The number of anilines is 3. The number of nitrogens with one attached hydrogen (secondary N) is 3. The van der Waals surface area contributed by atoms with E-state index in [0.717, 1.165) is 28.5 Å². The topological polar surface area (TPSA) is 132 Å². The molecular weight excluding hydrogens is 526 g/mol. The fourth-order valence-corrected chi connectivity index (χ4v) is 4.40. The molecule has 0 bridgehead atoms. The van der Waals surface area contributed by atoms with Crippen LogP contribution in [0.5, 0.6) is 11.8 Å². The number of ether oxygens (including phenoxy) is 1. The molecule has 0 fully saturated rings. The third-order valence-corrected chi connectivity index (χ3v) is 6.38. The predicted molar refractivity (Wildman–Crippen MR) is 147 cm³/mol. The highest BCUT2D eigenvalue weighted by Crippen LogP contribution is 2.31. The molecule has 3 heterocycles. The lowest BCUT2D eigenvalue weighted by Gasteiger charge is -2.12. The number of rotatable bonds is 9. The first-order chi connectivity index (χ1) is 18.6. The van der Waals surface area contributed by atoms with Crippen molar-refractivity contribution in [3.63, 3.8) is 0 Å². The molecule has 0 aliphatic heterocycles. The van der Waals surface area contributed by atoms with Gasteiger partial charge < -0.3 is 20.7 Å². The van der Waals surface area contributed by atoms with Crippen molar-refractivity contribution in [1.29, 1.82) is 0 Å². The Morgan fingerprint density at radius 3 is 2.61 bits per heavy atom. The monoisotopic (exact) mass is 547 g/mol. The summed E-state index contributed by atoms with van der Waals surface area (Å²) in [6.07, 6.45) is 9.00. The lowest BCUT2D eigenvalue weighted by molar-refractivity contribution is 0.262. The molecule has 11 nitrogen and oxygen atoms in total. The number of benzene rings is 2. The quantitative estimate of drug-likeness (QED) is 0.202. The van der Waals surface area contributed by atoms with E-state index in [1.54, 1.807) is 35.7 Å². The molecule has 0 saturated carbocycles. The van der Waals surface area contributed by atoms with Crippen LogP contribution in [0.2, 0.25) is 5.02 Å². The van der Waals surface area contributed by atoms with E-state index in [4.69, 9.17) is 16.3 Å². The van der Waals surface area contributed by atoms with Crippen LogP contribution in [0.3, 0.4) is 0 Å². The van der Waals surface area contributed by atoms with Crippen molar-refractivity contribution in [1.82, 2.24) is 29.9 Å². The van der Waals surface area contributed by atoms with E-state index in [9.17, 15) is 4.79 Å². The highest BCUT2D eigenvalue weighted by molar-refractivity contribution is 7.18. The zero-order valence-electron chi connectivity index (χ0n) is 20.1. The van der Waals surface area contributed by atoms with Crippen molar-refractivity contribution in [3.05, 3.63) is 78.5 Å². The fraction of sp³-hybridized carbons (Fsp3) is 0.120. The second-order valence-corrected chi connectivity index (χ2v) is 9.39. The minimum Gasteiger partial charge on any atom is -0.424 e. The lowest BCUT2D eigenvalue weighted by atomic mass is 10.2. The van der Waals surface area contributed by atoms with Crippen LogP contribution in [0.25, 0.3) is 16.1 Å². The number of thiazole rings is 1. The van der Waals surface area contributed by atoms with Gasteiger partial charge in [-0.1, -0.05) is 35.1 Å². The van der Waals surface area contributed by atoms with Crippen LogP contribution in [0.1, 0.15) is 13.3 Å². The standard InChI is InChI=1S/C25H22ClN9O2S/c1-2-9-27-25-30-15-22(38-25)16-3-6-19(7-4-16)37-24-28-13-18(14-29-24)32-23(36)33-20-12-17(26)5-8-21(20)35-11-10-31-34-35/h3-8,10-15H,2,9H2,1H3,(H,27,30)(H2,32,33,36). The molecule has 2 amide bonds. The Bertz CT molecular complexity index is 1510. The number of nitrogens with zero attached hydrogens (tertiary/aromatic N) is 6. The van der Waals surface area contributed by atoms with Gasteiger partial charge in [0.1, 0.15) is 5.75 Å². The third-order valence-electron chi connectivity index (χ3n) is 5.14. The number of amides is 2. The van der Waals surface area contributed by atoms with Crippen molar-refractivity contribution in [2.24, 2.45) is 0 Å². The number of halogens is 1. The summed E-state index contributed by atoms with van der Waals surface area (Å²) in [5.74, 6) is 0.586. The molecule has 0 unspecified atom stereocenters. The molecule has 3 aromatic heterocycles. The Balaban J connectivity index is 1.18. The van der Waals surface area contributed by atoms with Crippen LogP contribution in [-0.4, -0.2) is 42.5 Å². The molecule has 13 heteroatoms. The number of hydrogen-bond donors (Lipinski definition) is 3. The van der Waals surface area contributed by atoms with Gasteiger partial charge in [0.2, 0.25) is 0 Å². The number of hydrogen-bond acceptors (Lipinski definition) is 9. The number of urea groups is 1. The predicted octanol–water partition coefficient (Wildman–Crippen LogP) is 6.09. The normalized spacial score (nSPS) is 10.7. The molecule has 0 saturated heterocycles. The maximum Gasteiger partial charge on any atom is 0.323 e. The van der Waals surface area contributed by atoms with Crippen LogP contribution in [0.15, 0.2) is 73.4 Å². The summed E-state index contributed by atoms with van der Waals surface area (Å²) in [6, 6.07) is 12.3. The molecule has 38 heavy (non-hydrogen) atoms. The lowest BCUT2D eigenvalue weighted by Crippen LogP contribution is -2.20. The second kappa shape index (κ2) is 11.7. The van der Waals surface area contributed by atoms with Gasteiger partial charge in [0.25, 0.3) is 0 Å². The van der Waals surface area contributed by atoms with Crippen LogP contribution >= 0.6 is 22.9 Å². The molecule has 5 rings (SSSR count). The maximum absolute atomic E-state index is 12.6. The fourth-order valence-electron chi connectivity index (χ4n) is 3.38. The van der Waals surface area contributed by atoms with Crippen LogP contribution in [0.4, 0.5) is 21.3 Å². The summed E-state index contributed by atoms with van der Waals surface area (Å²) in [4.78, 5) is 26.4. The summed E-state index contributed by atoms with van der Waals surface area (Å²) in [5.41, 5.74) is 2.48.